The molecule has 5 rings (SSSR count). The Morgan fingerprint density at radius 1 is 1.05 bits per heavy atom. The van der Waals surface area contributed by atoms with Crippen LogP contribution in [0, 0.1) is 6.92 Å². The third-order valence-corrected chi connectivity index (χ3v) is 8.10. The maximum Gasteiger partial charge on any atom is 0.257 e. The smallest absolute Gasteiger partial charge is 0.257 e. The van der Waals surface area contributed by atoms with Crippen LogP contribution < -0.4 is 4.74 Å². The van der Waals surface area contributed by atoms with E-state index in [-0.39, 0.29) is 6.61 Å². The lowest BCUT2D eigenvalue weighted by Gasteiger charge is -2.12. The van der Waals surface area contributed by atoms with Gasteiger partial charge < -0.3 is 9.15 Å². The summed E-state index contributed by atoms with van der Waals surface area (Å²) in [5.41, 5.74) is 3.39. The monoisotopic (exact) mass is 529 g/mol. The second kappa shape index (κ2) is 11.6. The molecule has 7 nitrogen and oxygen atoms in total. The van der Waals surface area contributed by atoms with Crippen molar-refractivity contribution >= 4 is 23.1 Å². The molecule has 37 heavy (non-hydrogen) atoms. The molecule has 0 saturated heterocycles. The molecule has 0 aliphatic carbocycles. The number of allylic oxidation sites excluding steroid dienone is 1. The van der Waals surface area contributed by atoms with Crippen molar-refractivity contribution in [3.63, 3.8) is 0 Å². The topological polar surface area (TPSA) is 78.9 Å². The van der Waals surface area contributed by atoms with E-state index in [0.717, 1.165) is 39.2 Å². The predicted octanol–water partition coefficient (Wildman–Crippen LogP) is 6.98. The minimum atomic E-state index is 0.285. The van der Waals surface area contributed by atoms with Gasteiger partial charge in [0.2, 0.25) is 5.89 Å². The van der Waals surface area contributed by atoms with Crippen LogP contribution in [0.1, 0.15) is 29.1 Å². The van der Waals surface area contributed by atoms with Crippen molar-refractivity contribution in [2.24, 2.45) is 0 Å². The van der Waals surface area contributed by atoms with Crippen molar-refractivity contribution in [1.82, 2.24) is 25.0 Å². The lowest BCUT2D eigenvalue weighted by molar-refractivity contribution is 0.290. The van der Waals surface area contributed by atoms with Crippen LogP contribution in [0.25, 0.3) is 21.9 Å². The van der Waals surface area contributed by atoms with Gasteiger partial charge in [-0.05, 0) is 36.6 Å². The highest BCUT2D eigenvalue weighted by Gasteiger charge is 2.17. The summed E-state index contributed by atoms with van der Waals surface area (Å²) < 4.78 is 14.1. The average Bonchev–Trinajstić information content (AvgIpc) is 3.66. The third-order valence-electron chi connectivity index (χ3n) is 5.78. The summed E-state index contributed by atoms with van der Waals surface area (Å²) in [5.74, 6) is 3.11. The second-order valence-corrected chi connectivity index (χ2v) is 10.4. The number of ether oxygens (including phenoxy) is 1. The molecule has 0 amide bonds. The van der Waals surface area contributed by atoms with Gasteiger partial charge in [0.1, 0.15) is 12.4 Å². The molecule has 0 aliphatic rings. The van der Waals surface area contributed by atoms with Crippen molar-refractivity contribution in [2.45, 2.75) is 44.3 Å². The zero-order valence-electron chi connectivity index (χ0n) is 20.8. The van der Waals surface area contributed by atoms with Crippen LogP contribution >= 0.6 is 23.1 Å². The summed E-state index contributed by atoms with van der Waals surface area (Å²) >= 11 is 3.20. The van der Waals surface area contributed by atoms with Gasteiger partial charge in [0.15, 0.2) is 11.0 Å². The number of rotatable bonds is 11. The lowest BCUT2D eigenvalue weighted by atomic mass is 10.1. The molecular weight excluding hydrogens is 502 g/mol. The maximum atomic E-state index is 6.21. The molecule has 0 bridgehead atoms. The summed E-state index contributed by atoms with van der Waals surface area (Å²) in [6.45, 7) is 9.01. The molecule has 0 spiro atoms. The summed E-state index contributed by atoms with van der Waals surface area (Å²) in [6, 6.07) is 20.3. The average molecular weight is 530 g/mol. The summed E-state index contributed by atoms with van der Waals surface area (Å²) in [5, 5.41) is 18.0. The molecule has 0 aliphatic heterocycles. The van der Waals surface area contributed by atoms with E-state index in [9.17, 15) is 0 Å². The van der Waals surface area contributed by atoms with E-state index in [1.54, 1.807) is 11.3 Å². The third kappa shape index (κ3) is 5.68. The molecule has 3 heterocycles. The van der Waals surface area contributed by atoms with Crippen molar-refractivity contribution in [1.29, 1.82) is 0 Å². The van der Waals surface area contributed by atoms with Crippen molar-refractivity contribution < 1.29 is 9.15 Å². The standard InChI is InChI=1S/C28H27N5O2S2/c1-4-15-33-25(17-34-22-14-10-9-13-21(22)20-11-7-6-8-12-20)29-32-28(33)36-18-26-30-31-27(35-26)24-16-19(3)23(5-2)37-24/h4,6-14,16H,1,5,15,17-18H2,2-3H3. The first-order valence-corrected chi connectivity index (χ1v) is 13.8. The van der Waals surface area contributed by atoms with E-state index in [1.165, 1.54) is 22.2 Å². The fraction of sp³-hybridized carbons (Fsp3) is 0.214. The van der Waals surface area contributed by atoms with E-state index < -0.39 is 0 Å². The number of hydrogen-bond donors (Lipinski definition) is 0. The van der Waals surface area contributed by atoms with Crippen LogP contribution in [0.5, 0.6) is 5.75 Å². The molecule has 5 aromatic rings. The van der Waals surface area contributed by atoms with E-state index in [0.29, 0.717) is 24.1 Å². The largest absolute Gasteiger partial charge is 0.485 e. The van der Waals surface area contributed by atoms with Crippen molar-refractivity contribution in [3.05, 3.63) is 95.5 Å². The highest BCUT2D eigenvalue weighted by molar-refractivity contribution is 7.98. The number of benzene rings is 2. The van der Waals surface area contributed by atoms with Crippen LogP contribution in [-0.2, 0) is 25.3 Å². The Bertz CT molecular complexity index is 1490. The van der Waals surface area contributed by atoms with E-state index >= 15 is 0 Å². The molecule has 3 aromatic heterocycles. The fourth-order valence-corrected chi connectivity index (χ4v) is 5.79. The molecule has 0 saturated carbocycles. The van der Waals surface area contributed by atoms with Gasteiger partial charge in [-0.25, -0.2) is 0 Å². The Morgan fingerprint density at radius 3 is 2.65 bits per heavy atom. The van der Waals surface area contributed by atoms with Crippen LogP contribution in [0.15, 0.2) is 82.9 Å². The minimum Gasteiger partial charge on any atom is -0.485 e. The number of hydrogen-bond acceptors (Lipinski definition) is 8. The number of aryl methyl sites for hydroxylation is 2. The number of nitrogens with zero attached hydrogens (tertiary/aromatic N) is 5. The summed E-state index contributed by atoms with van der Waals surface area (Å²) in [7, 11) is 0. The molecule has 0 N–H and O–H groups in total. The van der Waals surface area contributed by atoms with Gasteiger partial charge in [-0.3, -0.25) is 4.57 Å². The van der Waals surface area contributed by atoms with Crippen molar-refractivity contribution in [3.8, 4) is 27.6 Å². The molecule has 0 radical (unpaired) electrons. The molecule has 9 heteroatoms. The van der Waals surface area contributed by atoms with Gasteiger partial charge in [-0.2, -0.15) is 0 Å². The fourth-order valence-electron chi connectivity index (χ4n) is 3.95. The Labute approximate surface area is 224 Å². The van der Waals surface area contributed by atoms with Crippen LogP contribution in [0.2, 0.25) is 0 Å². The van der Waals surface area contributed by atoms with Gasteiger partial charge in [0, 0.05) is 17.0 Å². The highest BCUT2D eigenvalue weighted by Crippen LogP contribution is 2.32. The van der Waals surface area contributed by atoms with Crippen LogP contribution in [0.3, 0.4) is 0 Å². The minimum absolute atomic E-state index is 0.285. The Morgan fingerprint density at radius 2 is 1.86 bits per heavy atom. The Kier molecular flexibility index (Phi) is 7.82. The van der Waals surface area contributed by atoms with Gasteiger partial charge in [0.25, 0.3) is 5.89 Å². The molecular formula is C28H27N5O2S2. The van der Waals surface area contributed by atoms with Crippen molar-refractivity contribution in [2.75, 3.05) is 0 Å². The summed E-state index contributed by atoms with van der Waals surface area (Å²) in [6.07, 6.45) is 2.82. The van der Waals surface area contributed by atoms with Gasteiger partial charge in [-0.1, -0.05) is 73.3 Å². The second-order valence-electron chi connectivity index (χ2n) is 8.31. The SMILES string of the molecule is C=CCn1c(COc2ccccc2-c2ccccc2)nnc1SCc1nnc(-c2cc(C)c(CC)s2)o1. The highest BCUT2D eigenvalue weighted by atomic mass is 32.2. The normalized spacial score (nSPS) is 11.1. The zero-order valence-corrected chi connectivity index (χ0v) is 22.4. The quantitative estimate of drug-likeness (QED) is 0.135. The van der Waals surface area contributed by atoms with E-state index in [1.807, 2.05) is 47.0 Å². The molecule has 0 atom stereocenters. The van der Waals surface area contributed by atoms with E-state index in [2.05, 4.69) is 65.1 Å². The maximum absolute atomic E-state index is 6.21. The van der Waals surface area contributed by atoms with Gasteiger partial charge >= 0.3 is 0 Å². The summed E-state index contributed by atoms with van der Waals surface area (Å²) in [4.78, 5) is 2.34. The molecule has 0 unspecified atom stereocenters. The molecule has 2 aromatic carbocycles. The molecule has 0 fully saturated rings. The number of thioether (sulfide) groups is 1. The number of aromatic nitrogens is 5. The van der Waals surface area contributed by atoms with Crippen LogP contribution in [0.4, 0.5) is 0 Å². The number of thiophene rings is 1. The predicted molar refractivity (Wildman–Crippen MR) is 148 cm³/mol. The van der Waals surface area contributed by atoms with Gasteiger partial charge in [0.05, 0.1) is 10.6 Å². The first kappa shape index (κ1) is 25.0. The molecule has 188 valence electrons. The first-order chi connectivity index (χ1) is 18.2. The first-order valence-electron chi connectivity index (χ1n) is 12.0. The van der Waals surface area contributed by atoms with E-state index in [4.69, 9.17) is 9.15 Å². The Hall–Kier alpha value is -3.69. The van der Waals surface area contributed by atoms with Crippen LogP contribution in [-0.4, -0.2) is 25.0 Å². The lowest BCUT2D eigenvalue weighted by Crippen LogP contribution is -2.08. The number of para-hydroxylation sites is 1. The zero-order chi connectivity index (χ0) is 25.6. The van der Waals surface area contributed by atoms with Gasteiger partial charge in [-0.15, -0.1) is 38.3 Å². The Balaban J connectivity index is 1.28.